The van der Waals surface area contributed by atoms with Crippen LogP contribution in [0.5, 0.6) is 0 Å². The van der Waals surface area contributed by atoms with Gasteiger partial charge in [0.1, 0.15) is 0 Å². The number of nitrogens with one attached hydrogen (secondary N) is 1. The van der Waals surface area contributed by atoms with Crippen LogP contribution in [0.3, 0.4) is 0 Å². The maximum atomic E-state index is 12.6. The van der Waals surface area contributed by atoms with E-state index in [2.05, 4.69) is 5.32 Å². The first-order valence-electron chi connectivity index (χ1n) is 11.0. The van der Waals surface area contributed by atoms with Crippen molar-refractivity contribution < 1.29 is 19.1 Å². The lowest BCUT2D eigenvalue weighted by atomic mass is 10.1. The second kappa shape index (κ2) is 11.9. The highest BCUT2D eigenvalue weighted by molar-refractivity contribution is 5.96. The predicted molar refractivity (Wildman–Crippen MR) is 120 cm³/mol. The van der Waals surface area contributed by atoms with Gasteiger partial charge in [-0.3, -0.25) is 14.4 Å². The molecule has 0 spiro atoms. The lowest BCUT2D eigenvalue weighted by Gasteiger charge is -2.20. The van der Waals surface area contributed by atoms with Crippen LogP contribution >= 0.6 is 0 Å². The van der Waals surface area contributed by atoms with Crippen molar-refractivity contribution in [2.24, 2.45) is 0 Å². The molecule has 1 saturated heterocycles. The maximum Gasteiger partial charge on any atom is 0.306 e. The Labute approximate surface area is 183 Å². The maximum absolute atomic E-state index is 12.6. The number of amides is 2. The number of anilines is 1. The normalized spacial score (nSPS) is 13.9. The standard InChI is InChI=1S/C25H30N2O4/c28-23(14-15-24(29)31-19-16-20-8-4-3-5-9-20)26-22-12-10-21(11-13-22)25(30)27-17-6-1-2-7-18-27/h3-5,8-13H,1-2,6-7,14-19H2,(H,26,28). The average Bonchev–Trinajstić information content (AvgIpc) is 3.08. The SMILES string of the molecule is O=C(CCC(=O)OCCc1ccccc1)Nc1ccc(C(=O)N2CCCCCC2)cc1. The summed E-state index contributed by atoms with van der Waals surface area (Å²) in [5.41, 5.74) is 2.34. The van der Waals surface area contributed by atoms with E-state index in [0.717, 1.165) is 31.5 Å². The fourth-order valence-corrected chi connectivity index (χ4v) is 3.59. The lowest BCUT2D eigenvalue weighted by Crippen LogP contribution is -2.31. The number of benzene rings is 2. The predicted octanol–water partition coefficient (Wildman–Crippen LogP) is 4.21. The molecule has 0 unspecified atom stereocenters. The third kappa shape index (κ3) is 7.55. The molecule has 2 amide bonds. The van der Waals surface area contributed by atoms with Gasteiger partial charge in [0.05, 0.1) is 13.0 Å². The highest BCUT2D eigenvalue weighted by Crippen LogP contribution is 2.16. The summed E-state index contributed by atoms with van der Waals surface area (Å²) in [7, 11) is 0. The van der Waals surface area contributed by atoms with Crippen molar-refractivity contribution in [2.45, 2.75) is 44.9 Å². The number of carbonyl (C=O) groups is 3. The molecular weight excluding hydrogens is 392 g/mol. The highest BCUT2D eigenvalue weighted by Gasteiger charge is 2.17. The molecule has 1 aliphatic heterocycles. The Morgan fingerprint density at radius 3 is 2.19 bits per heavy atom. The van der Waals surface area contributed by atoms with E-state index < -0.39 is 0 Å². The molecule has 0 atom stereocenters. The Balaban J connectivity index is 1.37. The summed E-state index contributed by atoms with van der Waals surface area (Å²) < 4.78 is 5.19. The Bertz CT molecular complexity index is 857. The number of hydrogen-bond donors (Lipinski definition) is 1. The monoisotopic (exact) mass is 422 g/mol. The molecule has 0 saturated carbocycles. The van der Waals surface area contributed by atoms with Crippen LogP contribution in [-0.4, -0.2) is 42.4 Å². The van der Waals surface area contributed by atoms with Crippen LogP contribution in [0.2, 0.25) is 0 Å². The van der Waals surface area contributed by atoms with Crippen molar-refractivity contribution in [3.8, 4) is 0 Å². The van der Waals surface area contributed by atoms with Gasteiger partial charge in [-0.1, -0.05) is 43.2 Å². The number of nitrogens with zero attached hydrogens (tertiary/aromatic N) is 1. The molecule has 1 aliphatic rings. The van der Waals surface area contributed by atoms with Gasteiger partial charge < -0.3 is 15.0 Å². The zero-order chi connectivity index (χ0) is 21.9. The molecule has 164 valence electrons. The molecule has 1 N–H and O–H groups in total. The average molecular weight is 423 g/mol. The third-order valence-electron chi connectivity index (χ3n) is 5.36. The Morgan fingerprint density at radius 1 is 0.839 bits per heavy atom. The van der Waals surface area contributed by atoms with Crippen molar-refractivity contribution in [3.63, 3.8) is 0 Å². The number of ether oxygens (including phenoxy) is 1. The summed E-state index contributed by atoms with van der Waals surface area (Å²) in [6, 6.07) is 16.7. The van der Waals surface area contributed by atoms with Crippen molar-refractivity contribution >= 4 is 23.5 Å². The molecule has 1 heterocycles. The smallest absolute Gasteiger partial charge is 0.306 e. The number of esters is 1. The Kier molecular flexibility index (Phi) is 8.64. The topological polar surface area (TPSA) is 75.7 Å². The third-order valence-corrected chi connectivity index (χ3v) is 5.36. The van der Waals surface area contributed by atoms with Gasteiger partial charge in [-0.25, -0.2) is 0 Å². The number of likely N-dealkylation sites (tertiary alicyclic amines) is 1. The minimum atomic E-state index is -0.385. The van der Waals surface area contributed by atoms with Crippen LogP contribution in [0.4, 0.5) is 5.69 Å². The van der Waals surface area contributed by atoms with E-state index in [1.54, 1.807) is 24.3 Å². The largest absolute Gasteiger partial charge is 0.465 e. The molecule has 0 aliphatic carbocycles. The van der Waals surface area contributed by atoms with Crippen molar-refractivity contribution in [2.75, 3.05) is 25.0 Å². The lowest BCUT2D eigenvalue weighted by molar-refractivity contribution is -0.144. The quantitative estimate of drug-likeness (QED) is 0.647. The van der Waals surface area contributed by atoms with Gasteiger partial charge in [-0.15, -0.1) is 0 Å². The van der Waals surface area contributed by atoms with Crippen LogP contribution in [0.25, 0.3) is 0 Å². The second-order valence-corrected chi connectivity index (χ2v) is 7.79. The summed E-state index contributed by atoms with van der Waals surface area (Å²) in [5, 5.41) is 2.76. The molecule has 1 fully saturated rings. The van der Waals surface area contributed by atoms with Gasteiger partial charge in [-0.05, 0) is 42.7 Å². The molecule has 6 nitrogen and oxygen atoms in total. The fraction of sp³-hybridized carbons (Fsp3) is 0.400. The van der Waals surface area contributed by atoms with Crippen LogP contribution < -0.4 is 5.32 Å². The van der Waals surface area contributed by atoms with Gasteiger partial charge >= 0.3 is 5.97 Å². The molecule has 6 heteroatoms. The first-order chi connectivity index (χ1) is 15.1. The molecule has 0 aromatic heterocycles. The number of hydrogen-bond acceptors (Lipinski definition) is 4. The Hall–Kier alpha value is -3.15. The van der Waals surface area contributed by atoms with E-state index >= 15 is 0 Å². The number of carbonyl (C=O) groups excluding carboxylic acids is 3. The minimum Gasteiger partial charge on any atom is -0.465 e. The van der Waals surface area contributed by atoms with Gasteiger partial charge in [0.15, 0.2) is 0 Å². The molecule has 3 rings (SSSR count). The zero-order valence-electron chi connectivity index (χ0n) is 17.8. The number of rotatable bonds is 8. The van der Waals surface area contributed by atoms with Crippen LogP contribution in [0.15, 0.2) is 54.6 Å². The molecule has 31 heavy (non-hydrogen) atoms. The van der Waals surface area contributed by atoms with Crippen LogP contribution in [0, 0.1) is 0 Å². The first kappa shape index (κ1) is 22.5. The summed E-state index contributed by atoms with van der Waals surface area (Å²) in [5.74, 6) is -0.603. The van der Waals surface area contributed by atoms with Gasteiger partial charge in [-0.2, -0.15) is 0 Å². The second-order valence-electron chi connectivity index (χ2n) is 7.79. The van der Waals surface area contributed by atoms with Crippen molar-refractivity contribution in [1.29, 1.82) is 0 Å². The van der Waals surface area contributed by atoms with Crippen LogP contribution in [-0.2, 0) is 20.7 Å². The molecule has 0 bridgehead atoms. The van der Waals surface area contributed by atoms with Gasteiger partial charge in [0, 0.05) is 37.2 Å². The van der Waals surface area contributed by atoms with E-state index in [1.165, 1.54) is 12.8 Å². The van der Waals surface area contributed by atoms with Crippen molar-refractivity contribution in [3.05, 3.63) is 65.7 Å². The highest BCUT2D eigenvalue weighted by atomic mass is 16.5. The summed E-state index contributed by atoms with van der Waals surface area (Å²) in [6.45, 7) is 1.91. The van der Waals surface area contributed by atoms with Gasteiger partial charge in [0.2, 0.25) is 5.91 Å². The van der Waals surface area contributed by atoms with Gasteiger partial charge in [0.25, 0.3) is 5.91 Å². The summed E-state index contributed by atoms with van der Waals surface area (Å²) in [4.78, 5) is 38.5. The first-order valence-corrected chi connectivity index (χ1v) is 11.0. The van der Waals surface area contributed by atoms with E-state index in [0.29, 0.717) is 24.3 Å². The van der Waals surface area contributed by atoms with Crippen LogP contribution in [0.1, 0.15) is 54.4 Å². The Morgan fingerprint density at radius 2 is 1.52 bits per heavy atom. The minimum absolute atomic E-state index is 0.0339. The van der Waals surface area contributed by atoms with E-state index in [9.17, 15) is 14.4 Å². The van der Waals surface area contributed by atoms with E-state index in [1.807, 2.05) is 35.2 Å². The summed E-state index contributed by atoms with van der Waals surface area (Å²) >= 11 is 0. The van der Waals surface area contributed by atoms with E-state index in [-0.39, 0.29) is 30.6 Å². The summed E-state index contributed by atoms with van der Waals surface area (Å²) in [6.07, 6.45) is 5.19. The fourth-order valence-electron chi connectivity index (χ4n) is 3.59. The zero-order valence-corrected chi connectivity index (χ0v) is 17.8. The molecular formula is C25H30N2O4. The van der Waals surface area contributed by atoms with E-state index in [4.69, 9.17) is 4.74 Å². The van der Waals surface area contributed by atoms with Crippen molar-refractivity contribution in [1.82, 2.24) is 4.90 Å². The molecule has 2 aromatic carbocycles. The molecule has 0 radical (unpaired) electrons. The molecule has 2 aromatic rings.